The molecule has 0 radical (unpaired) electrons. The van der Waals surface area contributed by atoms with E-state index in [1.807, 2.05) is 146 Å². The number of aromatic nitrogens is 6. The SMILES string of the molecule is O.Oc1ccccc1CN(Cc1ccccn1)C(c1ccccn1)c1ccccn1.Oc1ccccc1CN(Cc1ccccn1)C(c1ccccn1)c1ccccn1.[Fe].[Fe].[O-][Cl+3]([O-])([O-])[O-].[O-][Cl+3]([O-])([O-])[O-]. The number of phenols is 2. The standard InChI is InChI=1S/2C24H22N4O.2ClHO4.2Fe.H2O/c2*29-23-13-2-1-9-19(23)17-28(18-20-10-3-6-14-25-20)24(21-11-4-7-15-26-21)22-12-5-8-16-27-22;2*2-1(3,4)5;;;/h2*1-16,24,29H,17-18H2;2*(H,2,3,4,5);;;1H2/p-2. The van der Waals surface area contributed by atoms with Gasteiger partial charge in [-0.15, -0.1) is 20.5 Å². The minimum absolute atomic E-state index is 0. The van der Waals surface area contributed by atoms with Crippen LogP contribution in [0.4, 0.5) is 0 Å². The van der Waals surface area contributed by atoms with E-state index in [1.54, 1.807) is 49.3 Å². The van der Waals surface area contributed by atoms with Crippen LogP contribution in [0, 0.1) is 20.5 Å². The minimum Gasteiger partial charge on any atom is -0.508 e. The Hall–Kier alpha value is -5.88. The van der Waals surface area contributed by atoms with Crippen molar-refractivity contribution in [3.05, 3.63) is 240 Å². The Kier molecular flexibility index (Phi) is 27.1. The molecule has 0 saturated heterocycles. The number of hydrogen-bond acceptors (Lipinski definition) is 18. The largest absolute Gasteiger partial charge is 0.508 e. The second-order valence-corrected chi connectivity index (χ2v) is 15.8. The summed E-state index contributed by atoms with van der Waals surface area (Å²) in [5.41, 5.74) is 7.19. The molecule has 0 aliphatic heterocycles. The molecule has 0 fully saturated rings. The van der Waals surface area contributed by atoms with Crippen LogP contribution >= 0.6 is 0 Å². The maximum Gasteiger partial charge on any atom is 0.120 e. The first kappa shape index (κ1) is 61.2. The average Bonchev–Trinajstić information content (AvgIpc) is 3.32. The number of phenolic OH excluding ortho intramolecular Hbond substituents is 2. The molecule has 0 amide bonds. The molecular weight excluding hydrogens is 1050 g/mol. The first-order chi connectivity index (χ1) is 32.6. The van der Waals surface area contributed by atoms with Crippen molar-refractivity contribution in [3.63, 3.8) is 0 Å². The third-order valence-electron chi connectivity index (χ3n) is 9.51. The van der Waals surface area contributed by atoms with Gasteiger partial charge in [-0.05, 0) is 84.9 Å². The smallest absolute Gasteiger partial charge is 0.120 e. The van der Waals surface area contributed by atoms with Crippen LogP contribution in [0.5, 0.6) is 11.5 Å². The third-order valence-corrected chi connectivity index (χ3v) is 9.51. The predicted octanol–water partition coefficient (Wildman–Crippen LogP) is -1.60. The Bertz CT molecular complexity index is 2370. The normalized spacial score (nSPS) is 10.8. The van der Waals surface area contributed by atoms with E-state index in [2.05, 4.69) is 39.7 Å². The molecule has 0 aliphatic carbocycles. The molecule has 6 heterocycles. The van der Waals surface area contributed by atoms with Crippen LogP contribution in [0.15, 0.2) is 195 Å². The second kappa shape index (κ2) is 31.5. The molecule has 0 saturated carbocycles. The zero-order valence-electron chi connectivity index (χ0n) is 37.2. The summed E-state index contributed by atoms with van der Waals surface area (Å²) in [7, 11) is -9.89. The van der Waals surface area contributed by atoms with Crippen molar-refractivity contribution in [1.29, 1.82) is 0 Å². The molecule has 4 N–H and O–H groups in total. The molecule has 0 unspecified atom stereocenters. The Morgan fingerprint density at radius 3 is 0.817 bits per heavy atom. The number of pyridine rings is 6. The van der Waals surface area contributed by atoms with E-state index in [1.165, 1.54) is 0 Å². The zero-order chi connectivity index (χ0) is 48.8. The van der Waals surface area contributed by atoms with E-state index in [0.29, 0.717) is 26.2 Å². The summed E-state index contributed by atoms with van der Waals surface area (Å²) in [6.45, 7) is 2.24. The van der Waals surface area contributed by atoms with Crippen molar-refractivity contribution >= 4 is 0 Å². The van der Waals surface area contributed by atoms with Crippen molar-refractivity contribution < 1.29 is 108 Å². The van der Waals surface area contributed by atoms with Gasteiger partial charge in [0, 0.05) is 109 Å². The van der Waals surface area contributed by atoms with Gasteiger partial charge in [-0.3, -0.25) is 39.7 Å². The quantitative estimate of drug-likeness (QED) is 0.116. The Morgan fingerprint density at radius 1 is 0.352 bits per heavy atom. The van der Waals surface area contributed by atoms with Gasteiger partial charge in [0.15, 0.2) is 0 Å². The number of para-hydroxylation sites is 2. The fourth-order valence-corrected chi connectivity index (χ4v) is 6.81. The summed E-state index contributed by atoms with van der Waals surface area (Å²) in [4.78, 5) is 32.0. The van der Waals surface area contributed by atoms with Crippen molar-refractivity contribution in [3.8, 4) is 11.5 Å². The number of rotatable bonds is 14. The summed E-state index contributed by atoms with van der Waals surface area (Å²) in [6, 6.07) is 49.9. The van der Waals surface area contributed by atoms with Gasteiger partial charge in [-0.1, -0.05) is 72.8 Å². The zero-order valence-corrected chi connectivity index (χ0v) is 40.9. The van der Waals surface area contributed by atoms with Crippen LogP contribution in [0.3, 0.4) is 0 Å². The minimum atomic E-state index is -4.94. The van der Waals surface area contributed by atoms with Gasteiger partial charge in [-0.25, -0.2) is 37.3 Å². The number of hydrogen-bond donors (Lipinski definition) is 2. The first-order valence-corrected chi connectivity index (χ1v) is 22.8. The van der Waals surface area contributed by atoms with Gasteiger partial charge < -0.3 is 15.7 Å². The first-order valence-electron chi connectivity index (χ1n) is 20.3. The summed E-state index contributed by atoms with van der Waals surface area (Å²) < 4.78 is 67.9. The molecule has 2 aromatic carbocycles. The van der Waals surface area contributed by atoms with Crippen molar-refractivity contribution in [2.75, 3.05) is 0 Å². The molecule has 71 heavy (non-hydrogen) atoms. The van der Waals surface area contributed by atoms with E-state index in [-0.39, 0.29) is 63.2 Å². The van der Waals surface area contributed by atoms with E-state index >= 15 is 0 Å². The van der Waals surface area contributed by atoms with Gasteiger partial charge in [-0.2, -0.15) is 0 Å². The van der Waals surface area contributed by atoms with Crippen LogP contribution in [0.1, 0.15) is 57.4 Å². The fraction of sp³-hybridized carbons (Fsp3) is 0.125. The predicted molar refractivity (Wildman–Crippen MR) is 227 cm³/mol. The summed E-state index contributed by atoms with van der Waals surface area (Å²) in [6.07, 6.45) is 10.8. The maximum absolute atomic E-state index is 10.4. The molecule has 23 heteroatoms. The van der Waals surface area contributed by atoms with Gasteiger partial charge in [0.05, 0.1) is 46.2 Å². The number of halogens is 2. The van der Waals surface area contributed by atoms with Crippen LogP contribution in [0.2, 0.25) is 0 Å². The van der Waals surface area contributed by atoms with Gasteiger partial charge >= 0.3 is 0 Å². The number of aromatic hydroxyl groups is 2. The molecule has 8 aromatic rings. The molecule has 376 valence electrons. The molecular formula is C48H46Cl2Fe2N8O11-2. The molecule has 0 aliphatic rings. The van der Waals surface area contributed by atoms with Crippen LogP contribution in [-0.4, -0.2) is 55.4 Å². The number of benzene rings is 2. The molecule has 0 spiro atoms. The Labute approximate surface area is 434 Å². The molecule has 19 nitrogen and oxygen atoms in total. The molecule has 8 rings (SSSR count). The third kappa shape index (κ3) is 22.8. The van der Waals surface area contributed by atoms with E-state index in [4.69, 9.17) is 37.3 Å². The van der Waals surface area contributed by atoms with Crippen molar-refractivity contribution in [2.24, 2.45) is 0 Å². The van der Waals surface area contributed by atoms with Crippen molar-refractivity contribution in [1.82, 2.24) is 39.7 Å². The molecule has 0 bridgehead atoms. The summed E-state index contributed by atoms with van der Waals surface area (Å²) in [5, 5.41) is 20.7. The maximum atomic E-state index is 10.4. The monoisotopic (exact) mass is 1090 g/mol. The van der Waals surface area contributed by atoms with Gasteiger partial charge in [0.25, 0.3) is 0 Å². The van der Waals surface area contributed by atoms with Crippen LogP contribution in [-0.2, 0) is 60.3 Å². The second-order valence-electron chi connectivity index (χ2n) is 14.3. The summed E-state index contributed by atoms with van der Waals surface area (Å²) in [5.74, 6) is 0.554. The van der Waals surface area contributed by atoms with Gasteiger partial charge in [0.2, 0.25) is 0 Å². The summed E-state index contributed by atoms with van der Waals surface area (Å²) >= 11 is 0. The Morgan fingerprint density at radius 2 is 0.592 bits per heavy atom. The van der Waals surface area contributed by atoms with E-state index in [0.717, 1.165) is 45.3 Å². The van der Waals surface area contributed by atoms with Crippen LogP contribution < -0.4 is 37.3 Å². The topological polar surface area (TPSA) is 340 Å². The molecule has 6 aromatic heterocycles. The number of nitrogens with zero attached hydrogens (tertiary/aromatic N) is 8. The fourth-order valence-electron chi connectivity index (χ4n) is 6.81. The van der Waals surface area contributed by atoms with E-state index in [9.17, 15) is 10.2 Å². The van der Waals surface area contributed by atoms with Gasteiger partial charge in [0.1, 0.15) is 11.5 Å². The Balaban J connectivity index is 0.000000395. The van der Waals surface area contributed by atoms with Crippen LogP contribution in [0.25, 0.3) is 0 Å². The molecule has 0 atom stereocenters. The van der Waals surface area contributed by atoms with E-state index < -0.39 is 20.5 Å². The average molecular weight is 1090 g/mol. The van der Waals surface area contributed by atoms with Crippen molar-refractivity contribution in [2.45, 2.75) is 38.3 Å².